The third kappa shape index (κ3) is 7.12. The van der Waals surface area contributed by atoms with E-state index >= 15 is 0 Å². The van der Waals surface area contributed by atoms with E-state index in [0.29, 0.717) is 12.0 Å². The zero-order valence-electron chi connectivity index (χ0n) is 17.7. The Morgan fingerprint density at radius 2 is 1.94 bits per heavy atom. The van der Waals surface area contributed by atoms with Gasteiger partial charge in [-0.3, -0.25) is 4.79 Å². The Kier molecular flexibility index (Phi) is 8.83. The van der Waals surface area contributed by atoms with Crippen LogP contribution in [0.15, 0.2) is 30.3 Å². The molecule has 3 N–H and O–H groups in total. The fourth-order valence-corrected chi connectivity index (χ4v) is 5.02. The first-order chi connectivity index (χ1) is 15.2. The highest BCUT2D eigenvalue weighted by atomic mass is 32.2. The first-order valence-electron chi connectivity index (χ1n) is 10.1. The van der Waals surface area contributed by atoms with Crippen molar-refractivity contribution in [1.82, 2.24) is 20.4 Å². The first-order valence-corrected chi connectivity index (χ1v) is 11.9. The number of piperazine rings is 1. The molecule has 174 valence electrons. The van der Waals surface area contributed by atoms with E-state index in [2.05, 4.69) is 10.6 Å². The van der Waals surface area contributed by atoms with Crippen molar-refractivity contribution in [1.29, 1.82) is 5.26 Å². The van der Waals surface area contributed by atoms with Crippen LogP contribution in [-0.2, 0) is 20.4 Å². The van der Waals surface area contributed by atoms with Crippen molar-refractivity contribution >= 4 is 27.9 Å². The number of amides is 4. The lowest BCUT2D eigenvalue weighted by Gasteiger charge is -2.39. The minimum atomic E-state index is -3.78. The number of benzene rings is 1. The molecule has 1 aromatic carbocycles. The van der Waals surface area contributed by atoms with Gasteiger partial charge in [0, 0.05) is 19.6 Å². The fraction of sp³-hybridized carbons (Fsp3) is 0.500. The van der Waals surface area contributed by atoms with Gasteiger partial charge in [0.15, 0.2) is 9.84 Å². The summed E-state index contributed by atoms with van der Waals surface area (Å²) in [7, 11) is -3.78. The van der Waals surface area contributed by atoms with Crippen LogP contribution < -0.4 is 10.6 Å². The maximum atomic E-state index is 12.8. The van der Waals surface area contributed by atoms with Crippen LogP contribution in [-0.4, -0.2) is 85.4 Å². The molecule has 0 aromatic heterocycles. The van der Waals surface area contributed by atoms with Crippen LogP contribution in [0.3, 0.4) is 0 Å². The van der Waals surface area contributed by atoms with Gasteiger partial charge in [0.2, 0.25) is 5.91 Å². The number of hydrogen-bond donors (Lipinski definition) is 3. The topological polar surface area (TPSA) is 160 Å². The van der Waals surface area contributed by atoms with E-state index in [-0.39, 0.29) is 31.9 Å². The fourth-order valence-electron chi connectivity index (χ4n) is 3.46. The molecule has 2 unspecified atom stereocenters. The number of nitrogens with one attached hydrogen (secondary N) is 2. The van der Waals surface area contributed by atoms with Crippen molar-refractivity contribution in [2.45, 2.75) is 31.2 Å². The number of urea groups is 1. The Balaban J connectivity index is 2.11. The molecule has 2 rings (SSSR count). The number of rotatable bonds is 8. The van der Waals surface area contributed by atoms with Crippen LogP contribution >= 0.6 is 0 Å². The van der Waals surface area contributed by atoms with E-state index in [0.717, 1.165) is 0 Å². The van der Waals surface area contributed by atoms with Crippen LogP contribution in [0, 0.1) is 11.3 Å². The molecule has 0 bridgehead atoms. The molecule has 0 saturated carbocycles. The maximum Gasteiger partial charge on any atom is 0.407 e. The molecule has 0 radical (unpaired) electrons. The van der Waals surface area contributed by atoms with Crippen LogP contribution in [0.5, 0.6) is 0 Å². The molecular weight excluding hydrogens is 438 g/mol. The van der Waals surface area contributed by atoms with Gasteiger partial charge in [-0.1, -0.05) is 37.3 Å². The molecule has 11 nitrogen and oxygen atoms in total. The largest absolute Gasteiger partial charge is 0.465 e. The van der Waals surface area contributed by atoms with E-state index < -0.39 is 45.7 Å². The highest BCUT2D eigenvalue weighted by Gasteiger charge is 2.34. The smallest absolute Gasteiger partial charge is 0.407 e. The van der Waals surface area contributed by atoms with Crippen molar-refractivity contribution in [3.63, 3.8) is 0 Å². The molecule has 2 atom stereocenters. The Morgan fingerprint density at radius 1 is 1.25 bits per heavy atom. The molecule has 4 amide bonds. The van der Waals surface area contributed by atoms with Crippen LogP contribution in [0.1, 0.15) is 18.9 Å². The average Bonchev–Trinajstić information content (AvgIpc) is 2.76. The quantitative estimate of drug-likeness (QED) is 0.468. The molecule has 12 heteroatoms. The lowest BCUT2D eigenvalue weighted by Crippen LogP contribution is -2.60. The second-order valence-corrected chi connectivity index (χ2v) is 9.51. The Hall–Kier alpha value is -3.33. The van der Waals surface area contributed by atoms with Gasteiger partial charge in [-0.05, 0) is 12.0 Å². The number of carboxylic acid groups (broad SMARTS) is 1. The summed E-state index contributed by atoms with van der Waals surface area (Å²) in [6.07, 6.45) is -0.578. The van der Waals surface area contributed by atoms with Crippen molar-refractivity contribution in [3.8, 4) is 6.07 Å². The zero-order valence-corrected chi connectivity index (χ0v) is 18.5. The predicted octanol–water partition coefficient (Wildman–Crippen LogP) is 0.394. The number of hydrogen-bond acceptors (Lipinski definition) is 6. The third-order valence-corrected chi connectivity index (χ3v) is 6.71. The van der Waals surface area contributed by atoms with E-state index in [1.54, 1.807) is 43.3 Å². The second-order valence-electron chi connectivity index (χ2n) is 7.40. The Bertz CT molecular complexity index is 962. The van der Waals surface area contributed by atoms with Gasteiger partial charge < -0.3 is 25.5 Å². The van der Waals surface area contributed by atoms with Gasteiger partial charge >= 0.3 is 12.1 Å². The molecule has 1 saturated heterocycles. The number of nitrogens with zero attached hydrogens (tertiary/aromatic N) is 3. The summed E-state index contributed by atoms with van der Waals surface area (Å²) in [6, 6.07) is 7.71. The maximum absolute atomic E-state index is 12.8. The summed E-state index contributed by atoms with van der Waals surface area (Å²) in [4.78, 5) is 39.2. The lowest BCUT2D eigenvalue weighted by atomic mass is 10.1. The SMILES string of the molecule is CCC1CN(C(=O)NC(CS(=O)(=O)Cc2ccccc2)C(=O)NCC#N)CCN1C(=O)O. The van der Waals surface area contributed by atoms with Crippen molar-refractivity contribution in [3.05, 3.63) is 35.9 Å². The minimum absolute atomic E-state index is 0.109. The molecule has 1 heterocycles. The number of carbonyl (C=O) groups is 3. The number of sulfone groups is 1. The molecule has 1 aliphatic rings. The standard InChI is InChI=1S/C20H27N5O6S/c1-2-16-12-24(10-11-25(16)20(28)29)19(27)23-17(18(26)22-9-8-21)14-32(30,31)13-15-6-4-3-5-7-15/h3-7,16-17H,2,9-14H2,1H3,(H,22,26)(H,23,27)(H,28,29). The van der Waals surface area contributed by atoms with E-state index in [1.807, 2.05) is 0 Å². The van der Waals surface area contributed by atoms with Crippen molar-refractivity contribution in [2.24, 2.45) is 0 Å². The minimum Gasteiger partial charge on any atom is -0.465 e. The monoisotopic (exact) mass is 465 g/mol. The Labute approximate surface area is 186 Å². The highest BCUT2D eigenvalue weighted by molar-refractivity contribution is 7.90. The molecule has 1 aromatic rings. The summed E-state index contributed by atoms with van der Waals surface area (Å²) in [5.74, 6) is -1.73. The summed E-state index contributed by atoms with van der Waals surface area (Å²) in [5.41, 5.74) is 0.547. The highest BCUT2D eigenvalue weighted by Crippen LogP contribution is 2.14. The van der Waals surface area contributed by atoms with Gasteiger partial charge in [-0.15, -0.1) is 0 Å². The molecule has 1 fully saturated rings. The normalized spacial score (nSPS) is 17.2. The van der Waals surface area contributed by atoms with Crippen LogP contribution in [0.4, 0.5) is 9.59 Å². The summed E-state index contributed by atoms with van der Waals surface area (Å²) in [5, 5.41) is 22.7. The van der Waals surface area contributed by atoms with Gasteiger partial charge in [-0.2, -0.15) is 5.26 Å². The third-order valence-electron chi connectivity index (χ3n) is 5.09. The van der Waals surface area contributed by atoms with Gasteiger partial charge in [0.1, 0.15) is 12.6 Å². The molecule has 0 aliphatic carbocycles. The molecule has 32 heavy (non-hydrogen) atoms. The predicted molar refractivity (Wildman–Crippen MR) is 115 cm³/mol. The number of nitriles is 1. The van der Waals surface area contributed by atoms with E-state index in [4.69, 9.17) is 5.26 Å². The summed E-state index contributed by atoms with van der Waals surface area (Å²) >= 11 is 0. The van der Waals surface area contributed by atoms with E-state index in [9.17, 15) is 27.9 Å². The summed E-state index contributed by atoms with van der Waals surface area (Å²) < 4.78 is 25.4. The van der Waals surface area contributed by atoms with E-state index in [1.165, 1.54) is 9.80 Å². The molecule has 1 aliphatic heterocycles. The first kappa shape index (κ1) is 24.9. The molecule has 0 spiro atoms. The second kappa shape index (κ2) is 11.3. The van der Waals surface area contributed by atoms with Gasteiger partial charge in [-0.25, -0.2) is 18.0 Å². The summed E-state index contributed by atoms with van der Waals surface area (Å²) in [6.45, 7) is 1.81. The zero-order chi connectivity index (χ0) is 23.7. The molecular formula is C20H27N5O6S. The van der Waals surface area contributed by atoms with Crippen molar-refractivity contribution < 1.29 is 27.9 Å². The van der Waals surface area contributed by atoms with Crippen molar-refractivity contribution in [2.75, 3.05) is 31.9 Å². The lowest BCUT2D eigenvalue weighted by molar-refractivity contribution is -0.122. The average molecular weight is 466 g/mol. The Morgan fingerprint density at radius 3 is 2.53 bits per heavy atom. The van der Waals surface area contributed by atoms with Gasteiger partial charge in [0.25, 0.3) is 0 Å². The number of carbonyl (C=O) groups excluding carboxylic acids is 2. The van der Waals surface area contributed by atoms with Crippen LogP contribution in [0.2, 0.25) is 0 Å². The van der Waals surface area contributed by atoms with Crippen LogP contribution in [0.25, 0.3) is 0 Å². The van der Waals surface area contributed by atoms with Gasteiger partial charge in [0.05, 0.1) is 23.6 Å².